The van der Waals surface area contributed by atoms with Gasteiger partial charge in [-0.1, -0.05) is 19.8 Å². The molecule has 8 heteroatoms. The van der Waals surface area contributed by atoms with Crippen molar-refractivity contribution in [2.75, 3.05) is 6.61 Å². The Labute approximate surface area is 105 Å². The second kappa shape index (κ2) is 6.41. The van der Waals surface area contributed by atoms with E-state index in [4.69, 9.17) is 4.18 Å². The van der Waals surface area contributed by atoms with E-state index >= 15 is 0 Å². The van der Waals surface area contributed by atoms with Crippen molar-refractivity contribution in [3.63, 3.8) is 0 Å². The molecule has 100 valence electrons. The highest BCUT2D eigenvalue weighted by atomic mass is 32.2. The molecule has 7 nitrogen and oxygen atoms in total. The van der Waals surface area contributed by atoms with Crippen molar-refractivity contribution >= 4 is 15.8 Å². The Morgan fingerprint density at radius 3 is 2.78 bits per heavy atom. The molecule has 0 fully saturated rings. The van der Waals surface area contributed by atoms with Crippen LogP contribution in [0, 0.1) is 10.1 Å². The number of aromatic nitrogens is 1. The first kappa shape index (κ1) is 14.5. The molecule has 0 N–H and O–H groups in total. The van der Waals surface area contributed by atoms with Gasteiger partial charge in [-0.25, -0.2) is 0 Å². The molecule has 18 heavy (non-hydrogen) atoms. The third-order valence-corrected chi connectivity index (χ3v) is 3.55. The van der Waals surface area contributed by atoms with Gasteiger partial charge in [-0.2, -0.15) is 8.42 Å². The number of nitrogens with zero attached hydrogens (tertiary/aromatic N) is 2. The highest BCUT2D eigenvalue weighted by Crippen LogP contribution is 2.23. The molecule has 0 aliphatic heterocycles. The van der Waals surface area contributed by atoms with Crippen molar-refractivity contribution in [2.45, 2.75) is 31.1 Å². The van der Waals surface area contributed by atoms with Gasteiger partial charge in [0.05, 0.1) is 17.7 Å². The molecule has 1 rings (SSSR count). The maximum Gasteiger partial charge on any atom is 0.305 e. The Kier molecular flexibility index (Phi) is 5.17. The van der Waals surface area contributed by atoms with Crippen molar-refractivity contribution in [2.24, 2.45) is 0 Å². The molecule has 0 atom stereocenters. The molecule has 0 aliphatic carbocycles. The smallest absolute Gasteiger partial charge is 0.266 e. The van der Waals surface area contributed by atoms with Gasteiger partial charge in [0.15, 0.2) is 4.90 Å². The van der Waals surface area contributed by atoms with Gasteiger partial charge < -0.3 is 0 Å². The summed E-state index contributed by atoms with van der Waals surface area (Å²) in [5.41, 5.74) is -0.527. The Morgan fingerprint density at radius 1 is 1.44 bits per heavy atom. The summed E-state index contributed by atoms with van der Waals surface area (Å²) in [6.45, 7) is 1.99. The van der Waals surface area contributed by atoms with Crippen molar-refractivity contribution in [1.82, 2.24) is 4.98 Å². The quantitative estimate of drug-likeness (QED) is 0.326. The lowest BCUT2D eigenvalue weighted by atomic mass is 10.3. The van der Waals surface area contributed by atoms with Crippen LogP contribution < -0.4 is 0 Å². The van der Waals surface area contributed by atoms with Crippen LogP contribution >= 0.6 is 0 Å². The number of unbranched alkanes of at least 4 members (excludes halogenated alkanes) is 2. The van der Waals surface area contributed by atoms with Crippen LogP contribution in [0.15, 0.2) is 23.4 Å². The van der Waals surface area contributed by atoms with E-state index in [1.807, 2.05) is 6.92 Å². The lowest BCUT2D eigenvalue weighted by Crippen LogP contribution is -2.10. The second-order valence-corrected chi connectivity index (χ2v) is 5.17. The van der Waals surface area contributed by atoms with Crippen LogP contribution in [0.2, 0.25) is 0 Å². The first-order valence-electron chi connectivity index (χ1n) is 5.47. The average molecular weight is 274 g/mol. The van der Waals surface area contributed by atoms with E-state index in [9.17, 15) is 18.5 Å². The van der Waals surface area contributed by atoms with Gasteiger partial charge in [0.1, 0.15) is 0 Å². The summed E-state index contributed by atoms with van der Waals surface area (Å²) >= 11 is 0. The monoisotopic (exact) mass is 274 g/mol. The SMILES string of the molecule is CCCCCOS(=O)(=O)c1cnccc1[N+](=O)[O-]. The van der Waals surface area contributed by atoms with E-state index in [1.165, 1.54) is 0 Å². The largest absolute Gasteiger partial charge is 0.305 e. The Bertz CT molecular complexity index is 515. The molecule has 0 saturated carbocycles. The van der Waals surface area contributed by atoms with Crippen molar-refractivity contribution in [3.8, 4) is 0 Å². The van der Waals surface area contributed by atoms with Crippen LogP contribution in [0.25, 0.3) is 0 Å². The molecule has 0 saturated heterocycles. The average Bonchev–Trinajstić information content (AvgIpc) is 2.35. The highest BCUT2D eigenvalue weighted by Gasteiger charge is 2.26. The molecule has 1 aromatic heterocycles. The third-order valence-electron chi connectivity index (χ3n) is 2.22. The van der Waals surface area contributed by atoms with Gasteiger partial charge in [0.2, 0.25) is 0 Å². The summed E-state index contributed by atoms with van der Waals surface area (Å²) in [4.78, 5) is 13.0. The number of rotatable bonds is 7. The van der Waals surface area contributed by atoms with E-state index in [0.717, 1.165) is 31.3 Å². The van der Waals surface area contributed by atoms with E-state index in [0.29, 0.717) is 6.42 Å². The topological polar surface area (TPSA) is 99.4 Å². The number of pyridine rings is 1. The molecule has 0 radical (unpaired) electrons. The molecular formula is C10H14N2O5S. The first-order chi connectivity index (χ1) is 8.49. The van der Waals surface area contributed by atoms with Crippen molar-refractivity contribution in [1.29, 1.82) is 0 Å². The zero-order chi connectivity index (χ0) is 13.6. The van der Waals surface area contributed by atoms with E-state index in [2.05, 4.69) is 4.98 Å². The van der Waals surface area contributed by atoms with Crippen LogP contribution in [0.1, 0.15) is 26.2 Å². The fourth-order valence-corrected chi connectivity index (χ4v) is 2.35. The number of hydrogen-bond donors (Lipinski definition) is 0. The van der Waals surface area contributed by atoms with Gasteiger partial charge in [0.25, 0.3) is 5.69 Å². The van der Waals surface area contributed by atoms with E-state index in [-0.39, 0.29) is 6.61 Å². The van der Waals surface area contributed by atoms with Gasteiger partial charge >= 0.3 is 10.1 Å². The minimum Gasteiger partial charge on any atom is -0.266 e. The predicted molar refractivity (Wildman–Crippen MR) is 63.6 cm³/mol. The molecule has 1 heterocycles. The van der Waals surface area contributed by atoms with Crippen LogP contribution in [0.3, 0.4) is 0 Å². The zero-order valence-corrected chi connectivity index (χ0v) is 10.7. The molecule has 0 aliphatic rings. The Balaban J connectivity index is 2.88. The van der Waals surface area contributed by atoms with Crippen LogP contribution in [0.5, 0.6) is 0 Å². The molecular weight excluding hydrogens is 260 g/mol. The van der Waals surface area contributed by atoms with Gasteiger partial charge in [-0.05, 0) is 6.42 Å². The molecule has 0 bridgehead atoms. The molecule has 0 aromatic carbocycles. The van der Waals surface area contributed by atoms with Crippen LogP contribution in [0.4, 0.5) is 5.69 Å². The molecule has 1 aromatic rings. The standard InChI is InChI=1S/C10H14N2O5S/c1-2-3-4-7-17-18(15,16)10-8-11-6-5-9(10)12(13)14/h5-6,8H,2-4,7H2,1H3. The minimum absolute atomic E-state index is 0.0161. The normalized spacial score (nSPS) is 11.4. The fraction of sp³-hybridized carbons (Fsp3) is 0.500. The maximum absolute atomic E-state index is 11.8. The minimum atomic E-state index is -4.12. The third kappa shape index (κ3) is 3.74. The van der Waals surface area contributed by atoms with Gasteiger partial charge in [0, 0.05) is 12.3 Å². The van der Waals surface area contributed by atoms with Crippen molar-refractivity contribution < 1.29 is 17.5 Å². The van der Waals surface area contributed by atoms with Crippen LogP contribution in [-0.2, 0) is 14.3 Å². The fourth-order valence-electron chi connectivity index (χ4n) is 1.30. The summed E-state index contributed by atoms with van der Waals surface area (Å²) in [5, 5.41) is 10.7. The number of hydrogen-bond acceptors (Lipinski definition) is 6. The number of nitro groups is 1. The second-order valence-electron chi connectivity index (χ2n) is 3.58. The zero-order valence-electron chi connectivity index (χ0n) is 9.90. The summed E-state index contributed by atoms with van der Waals surface area (Å²) in [5.74, 6) is 0. The summed E-state index contributed by atoms with van der Waals surface area (Å²) < 4.78 is 28.2. The summed E-state index contributed by atoms with van der Waals surface area (Å²) in [7, 11) is -4.12. The summed E-state index contributed by atoms with van der Waals surface area (Å²) in [6.07, 6.45) is 4.44. The van der Waals surface area contributed by atoms with Gasteiger partial charge in [-0.3, -0.25) is 19.3 Å². The van der Waals surface area contributed by atoms with Crippen molar-refractivity contribution in [3.05, 3.63) is 28.6 Å². The highest BCUT2D eigenvalue weighted by molar-refractivity contribution is 7.87. The maximum atomic E-state index is 11.8. The van der Waals surface area contributed by atoms with E-state index in [1.54, 1.807) is 0 Å². The Morgan fingerprint density at radius 2 is 2.17 bits per heavy atom. The van der Waals surface area contributed by atoms with E-state index < -0.39 is 25.6 Å². The molecule has 0 amide bonds. The van der Waals surface area contributed by atoms with Gasteiger partial charge in [-0.15, -0.1) is 0 Å². The lowest BCUT2D eigenvalue weighted by Gasteiger charge is -2.05. The predicted octanol–water partition coefficient (Wildman–Crippen LogP) is 1.89. The molecule has 0 spiro atoms. The lowest BCUT2D eigenvalue weighted by molar-refractivity contribution is -0.388. The molecule has 0 unspecified atom stereocenters. The first-order valence-corrected chi connectivity index (χ1v) is 6.87. The Hall–Kier alpha value is -1.54. The summed E-state index contributed by atoms with van der Waals surface area (Å²) in [6, 6.07) is 1.03. The van der Waals surface area contributed by atoms with Crippen LogP contribution in [-0.4, -0.2) is 24.9 Å².